The zero-order valence-electron chi connectivity index (χ0n) is 8.39. The molecule has 0 spiro atoms. The predicted octanol–water partition coefficient (Wildman–Crippen LogP) is 2.71. The molecule has 0 unspecified atom stereocenters. The molecule has 1 aliphatic rings. The standard InChI is InChI=1S/C10H20ClN/c1-8(2)12(3)10-6-4-9(11)5-7-10/h8-10H,4-7H2,1-3H3/q+1. The van der Waals surface area contributed by atoms with Crippen molar-refractivity contribution in [3.63, 3.8) is 0 Å². The summed E-state index contributed by atoms with van der Waals surface area (Å²) in [6.07, 6.45) is 4.96. The Morgan fingerprint density at radius 1 is 1.17 bits per heavy atom. The number of rotatable bonds is 2. The van der Waals surface area contributed by atoms with E-state index in [4.69, 9.17) is 11.6 Å². The van der Waals surface area contributed by atoms with Crippen LogP contribution in [-0.4, -0.2) is 24.5 Å². The molecule has 1 fully saturated rings. The molecule has 12 heavy (non-hydrogen) atoms. The Bertz CT molecular complexity index is 128. The zero-order chi connectivity index (χ0) is 9.14. The fourth-order valence-corrected chi connectivity index (χ4v) is 2.12. The maximum atomic E-state index is 6.05. The van der Waals surface area contributed by atoms with Gasteiger partial charge in [0.25, 0.3) is 0 Å². The molecule has 0 N–H and O–H groups in total. The van der Waals surface area contributed by atoms with Crippen molar-refractivity contribution in [2.45, 2.75) is 57.0 Å². The van der Waals surface area contributed by atoms with Gasteiger partial charge in [0.15, 0.2) is 0 Å². The van der Waals surface area contributed by atoms with Crippen LogP contribution in [0.1, 0.15) is 39.5 Å². The highest BCUT2D eigenvalue weighted by Gasteiger charge is 2.30. The molecule has 0 aromatic heterocycles. The second-order valence-corrected chi connectivity index (χ2v) is 4.78. The minimum absolute atomic E-state index is 0.446. The maximum absolute atomic E-state index is 6.05. The number of halogens is 1. The molecule has 71 valence electrons. The summed E-state index contributed by atoms with van der Waals surface area (Å²) in [4.78, 5) is 2.47. The summed E-state index contributed by atoms with van der Waals surface area (Å²) < 4.78 is 0. The SMILES string of the molecule is CC(C)[N+](C)C1CCC(Cl)CC1. The van der Waals surface area contributed by atoms with Crippen LogP contribution in [0.3, 0.4) is 0 Å². The first-order valence-electron chi connectivity index (χ1n) is 4.97. The molecule has 2 heteroatoms. The van der Waals surface area contributed by atoms with E-state index in [0.29, 0.717) is 11.4 Å². The fourth-order valence-electron chi connectivity index (χ4n) is 1.86. The molecule has 1 saturated carbocycles. The highest BCUT2D eigenvalue weighted by Crippen LogP contribution is 2.25. The predicted molar refractivity (Wildman–Crippen MR) is 55.1 cm³/mol. The van der Waals surface area contributed by atoms with E-state index in [1.54, 1.807) is 0 Å². The summed E-state index contributed by atoms with van der Waals surface area (Å²) in [6, 6.07) is 1.45. The van der Waals surface area contributed by atoms with Gasteiger partial charge in [0.1, 0.15) is 19.1 Å². The average molecular weight is 190 g/mol. The van der Waals surface area contributed by atoms with Crippen molar-refractivity contribution < 1.29 is 0 Å². The first-order valence-corrected chi connectivity index (χ1v) is 5.41. The fraction of sp³-hybridized carbons (Fsp3) is 1.00. The summed E-state index contributed by atoms with van der Waals surface area (Å²) in [5.41, 5.74) is 0. The summed E-state index contributed by atoms with van der Waals surface area (Å²) >= 11 is 6.05. The Kier molecular flexibility index (Phi) is 3.85. The monoisotopic (exact) mass is 189 g/mol. The minimum atomic E-state index is 0.446. The molecular formula is C10H20ClN+. The van der Waals surface area contributed by atoms with E-state index in [-0.39, 0.29) is 0 Å². The Balaban J connectivity index is 2.34. The van der Waals surface area contributed by atoms with Gasteiger partial charge in [0, 0.05) is 18.2 Å². The molecule has 0 saturated heterocycles. The van der Waals surface area contributed by atoms with Gasteiger partial charge in [-0.1, -0.05) is 0 Å². The van der Waals surface area contributed by atoms with E-state index in [2.05, 4.69) is 25.8 Å². The smallest absolute Gasteiger partial charge is 0.132 e. The van der Waals surface area contributed by atoms with Gasteiger partial charge in [-0.05, 0) is 26.7 Å². The molecule has 1 nitrogen and oxygen atoms in total. The maximum Gasteiger partial charge on any atom is 0.132 e. The highest BCUT2D eigenvalue weighted by atomic mass is 35.5. The van der Waals surface area contributed by atoms with Crippen molar-refractivity contribution in [2.75, 3.05) is 7.05 Å². The van der Waals surface area contributed by atoms with E-state index in [1.165, 1.54) is 25.7 Å². The van der Waals surface area contributed by atoms with Gasteiger partial charge in [-0.3, -0.25) is 0 Å². The van der Waals surface area contributed by atoms with Gasteiger partial charge >= 0.3 is 0 Å². The number of hydrogen-bond acceptors (Lipinski definition) is 1. The van der Waals surface area contributed by atoms with Crippen molar-refractivity contribution in [3.8, 4) is 0 Å². The van der Waals surface area contributed by atoms with Crippen molar-refractivity contribution in [2.24, 2.45) is 0 Å². The zero-order valence-corrected chi connectivity index (χ0v) is 9.14. The van der Waals surface area contributed by atoms with Gasteiger partial charge in [0.2, 0.25) is 0 Å². The topological polar surface area (TPSA) is 5.90 Å². The van der Waals surface area contributed by atoms with Gasteiger partial charge < -0.3 is 0 Å². The molecule has 0 aliphatic heterocycles. The lowest BCUT2D eigenvalue weighted by atomic mass is 9.93. The van der Waals surface area contributed by atoms with Crippen LogP contribution in [0.25, 0.3) is 0 Å². The Morgan fingerprint density at radius 3 is 2.08 bits per heavy atom. The van der Waals surface area contributed by atoms with Crippen LogP contribution in [0, 0.1) is 0 Å². The Hall–Kier alpha value is 0.250. The third kappa shape index (κ3) is 2.63. The van der Waals surface area contributed by atoms with Crippen molar-refractivity contribution in [1.29, 1.82) is 0 Å². The number of nitrogens with zero attached hydrogens (tertiary/aromatic N) is 1. The van der Waals surface area contributed by atoms with Crippen LogP contribution in [0.4, 0.5) is 0 Å². The molecule has 0 aromatic rings. The van der Waals surface area contributed by atoms with E-state index < -0.39 is 0 Å². The van der Waals surface area contributed by atoms with E-state index in [1.807, 2.05) is 0 Å². The summed E-state index contributed by atoms with van der Waals surface area (Å²) in [7, 11) is 2.23. The third-order valence-corrected chi connectivity index (χ3v) is 3.45. The third-order valence-electron chi connectivity index (χ3n) is 3.02. The highest BCUT2D eigenvalue weighted by molar-refractivity contribution is 6.20. The van der Waals surface area contributed by atoms with Crippen LogP contribution < -0.4 is 4.90 Å². The molecule has 0 heterocycles. The van der Waals surface area contributed by atoms with Crippen molar-refractivity contribution in [1.82, 2.24) is 4.90 Å². The first kappa shape index (κ1) is 10.3. The van der Waals surface area contributed by atoms with Gasteiger partial charge in [-0.2, -0.15) is 4.90 Å². The van der Waals surface area contributed by atoms with Crippen molar-refractivity contribution in [3.05, 3.63) is 0 Å². The quantitative estimate of drug-likeness (QED) is 0.466. The molecule has 0 aromatic carbocycles. The summed E-state index contributed by atoms with van der Waals surface area (Å²) in [5.74, 6) is 0. The van der Waals surface area contributed by atoms with E-state index in [0.717, 1.165) is 6.04 Å². The molecule has 0 amide bonds. The van der Waals surface area contributed by atoms with E-state index >= 15 is 0 Å². The van der Waals surface area contributed by atoms with E-state index in [9.17, 15) is 0 Å². The van der Waals surface area contributed by atoms with Crippen LogP contribution in [0.15, 0.2) is 0 Å². The van der Waals surface area contributed by atoms with Gasteiger partial charge in [-0.15, -0.1) is 11.6 Å². The molecule has 0 atom stereocenters. The summed E-state index contributed by atoms with van der Waals surface area (Å²) in [6.45, 7) is 4.51. The molecule has 0 bridgehead atoms. The molecule has 1 radical (unpaired) electrons. The second-order valence-electron chi connectivity index (χ2n) is 4.17. The lowest BCUT2D eigenvalue weighted by Gasteiger charge is -2.27. The van der Waals surface area contributed by atoms with Crippen LogP contribution >= 0.6 is 11.6 Å². The normalized spacial score (nSPS) is 31.5. The molecular weight excluding hydrogens is 170 g/mol. The molecule has 1 aliphatic carbocycles. The van der Waals surface area contributed by atoms with Crippen LogP contribution in [-0.2, 0) is 0 Å². The average Bonchev–Trinajstić information content (AvgIpc) is 2.04. The minimum Gasteiger partial charge on any atom is -0.168 e. The lowest BCUT2D eigenvalue weighted by Crippen LogP contribution is -2.44. The van der Waals surface area contributed by atoms with Crippen LogP contribution in [0.5, 0.6) is 0 Å². The van der Waals surface area contributed by atoms with Gasteiger partial charge in [0.05, 0.1) is 0 Å². The Morgan fingerprint density at radius 2 is 1.67 bits per heavy atom. The largest absolute Gasteiger partial charge is 0.168 e. The van der Waals surface area contributed by atoms with Crippen molar-refractivity contribution >= 4 is 11.6 Å². The van der Waals surface area contributed by atoms with Gasteiger partial charge in [-0.25, -0.2) is 0 Å². The number of hydrogen-bond donors (Lipinski definition) is 0. The van der Waals surface area contributed by atoms with Crippen LogP contribution in [0.2, 0.25) is 0 Å². The number of alkyl halides is 1. The molecule has 1 rings (SSSR count). The first-order chi connectivity index (χ1) is 5.61. The Labute approximate surface area is 81.1 Å². The second kappa shape index (κ2) is 4.48. The lowest BCUT2D eigenvalue weighted by molar-refractivity contribution is 0.253. The summed E-state index contributed by atoms with van der Waals surface area (Å²) in [5, 5.41) is 0.446.